The molecule has 1 unspecified atom stereocenters. The zero-order chi connectivity index (χ0) is 15.8. The van der Waals surface area contributed by atoms with Gasteiger partial charge in [0.1, 0.15) is 16.3 Å². The van der Waals surface area contributed by atoms with Crippen LogP contribution in [0.5, 0.6) is 0 Å². The van der Waals surface area contributed by atoms with E-state index < -0.39 is 38.1 Å². The van der Waals surface area contributed by atoms with Crippen LogP contribution in [0, 0.1) is 17.6 Å². The van der Waals surface area contributed by atoms with E-state index in [1.807, 2.05) is 0 Å². The Hall–Kier alpha value is -1.58. The van der Waals surface area contributed by atoms with Crippen LogP contribution in [0.4, 0.5) is 8.78 Å². The highest BCUT2D eigenvalue weighted by molar-refractivity contribution is 7.89. The van der Waals surface area contributed by atoms with Crippen LogP contribution >= 0.6 is 0 Å². The number of carboxylic acids is 1. The van der Waals surface area contributed by atoms with Crippen molar-refractivity contribution in [3.63, 3.8) is 0 Å². The first-order valence-corrected chi connectivity index (χ1v) is 7.55. The van der Waals surface area contributed by atoms with Crippen molar-refractivity contribution in [2.45, 2.75) is 11.3 Å². The highest BCUT2D eigenvalue weighted by atomic mass is 32.2. The van der Waals surface area contributed by atoms with Crippen molar-refractivity contribution in [1.82, 2.24) is 4.31 Å². The van der Waals surface area contributed by atoms with Gasteiger partial charge in [-0.05, 0) is 24.5 Å². The molecule has 1 atom stereocenters. The van der Waals surface area contributed by atoms with E-state index in [1.165, 1.54) is 0 Å². The Bertz CT molecular complexity index is 676. The molecule has 9 heteroatoms. The van der Waals surface area contributed by atoms with Crippen LogP contribution in [-0.2, 0) is 10.0 Å². The Morgan fingerprint density at radius 1 is 1.38 bits per heavy atom. The Labute approximate surface area is 119 Å². The molecule has 2 N–H and O–H groups in total. The van der Waals surface area contributed by atoms with Crippen LogP contribution in [0.1, 0.15) is 16.8 Å². The lowest BCUT2D eigenvalue weighted by atomic mass is 10.1. The third-order valence-electron chi connectivity index (χ3n) is 3.39. The monoisotopic (exact) mass is 321 g/mol. The lowest BCUT2D eigenvalue weighted by Gasteiger charge is -2.17. The molecule has 0 aliphatic carbocycles. The number of sulfonamides is 1. The molecule has 2 rings (SSSR count). The lowest BCUT2D eigenvalue weighted by molar-refractivity contribution is 0.0685. The van der Waals surface area contributed by atoms with Gasteiger partial charge in [0.05, 0.1) is 0 Å². The maximum Gasteiger partial charge on any atom is 0.341 e. The summed E-state index contributed by atoms with van der Waals surface area (Å²) in [4.78, 5) is 9.94. The van der Waals surface area contributed by atoms with Gasteiger partial charge in [-0.25, -0.2) is 22.0 Å². The fourth-order valence-corrected chi connectivity index (χ4v) is 3.83. The molecule has 0 aromatic heterocycles. The molecule has 1 aromatic rings. The predicted molar refractivity (Wildman–Crippen MR) is 67.3 cm³/mol. The molecule has 1 saturated heterocycles. The molecule has 0 radical (unpaired) electrons. The Morgan fingerprint density at radius 3 is 2.57 bits per heavy atom. The van der Waals surface area contributed by atoms with E-state index in [2.05, 4.69) is 0 Å². The Morgan fingerprint density at radius 2 is 2.05 bits per heavy atom. The van der Waals surface area contributed by atoms with Gasteiger partial charge in [-0.1, -0.05) is 0 Å². The van der Waals surface area contributed by atoms with Gasteiger partial charge < -0.3 is 10.2 Å². The second-order valence-electron chi connectivity index (χ2n) is 4.74. The van der Waals surface area contributed by atoms with Crippen molar-refractivity contribution < 1.29 is 32.2 Å². The molecule has 6 nitrogen and oxygen atoms in total. The first kappa shape index (κ1) is 15.8. The standard InChI is InChI=1S/C12H13F2NO5S/c13-8-1-2-9(11(14)10(8)12(17)18)21(19,20)15-4-3-7(5-15)6-16/h1-2,7,16H,3-6H2,(H,17,18). The average molecular weight is 321 g/mol. The smallest absolute Gasteiger partial charge is 0.341 e. The summed E-state index contributed by atoms with van der Waals surface area (Å²) < 4.78 is 52.9. The fourth-order valence-electron chi connectivity index (χ4n) is 2.23. The fraction of sp³-hybridized carbons (Fsp3) is 0.417. The molecule has 1 aliphatic rings. The molecular formula is C12H13F2NO5S. The molecule has 0 bridgehead atoms. The van der Waals surface area contributed by atoms with E-state index in [1.54, 1.807) is 0 Å². The molecule has 1 aromatic carbocycles. The number of hydrogen-bond acceptors (Lipinski definition) is 4. The summed E-state index contributed by atoms with van der Waals surface area (Å²) in [6.45, 7) is -0.0941. The summed E-state index contributed by atoms with van der Waals surface area (Å²) in [5.41, 5.74) is -1.30. The highest BCUT2D eigenvalue weighted by Crippen LogP contribution is 2.28. The zero-order valence-electron chi connectivity index (χ0n) is 10.8. The number of aliphatic hydroxyl groups excluding tert-OH is 1. The normalized spacial score (nSPS) is 19.9. The van der Waals surface area contributed by atoms with Gasteiger partial charge in [0.25, 0.3) is 0 Å². The number of aromatic carboxylic acids is 1. The lowest BCUT2D eigenvalue weighted by Crippen LogP contribution is -2.30. The molecule has 0 spiro atoms. The largest absolute Gasteiger partial charge is 0.477 e. The van der Waals surface area contributed by atoms with E-state index in [-0.39, 0.29) is 25.6 Å². The number of nitrogens with zero attached hydrogens (tertiary/aromatic N) is 1. The summed E-state index contributed by atoms with van der Waals surface area (Å²) in [6.07, 6.45) is 0.421. The van der Waals surface area contributed by atoms with Gasteiger partial charge in [-0.3, -0.25) is 0 Å². The van der Waals surface area contributed by atoms with Gasteiger partial charge >= 0.3 is 5.97 Å². The maximum absolute atomic E-state index is 14.0. The number of rotatable bonds is 4. The van der Waals surface area contributed by atoms with Gasteiger partial charge in [0.15, 0.2) is 5.82 Å². The number of carboxylic acid groups (broad SMARTS) is 1. The topological polar surface area (TPSA) is 94.9 Å². The van der Waals surface area contributed by atoms with Crippen LogP contribution in [0.3, 0.4) is 0 Å². The minimum absolute atomic E-state index is 0.0120. The maximum atomic E-state index is 14.0. The van der Waals surface area contributed by atoms with Crippen LogP contribution in [-0.4, -0.2) is 48.6 Å². The number of benzene rings is 1. The third-order valence-corrected chi connectivity index (χ3v) is 5.28. The van der Waals surface area contributed by atoms with Crippen LogP contribution in [0.2, 0.25) is 0 Å². The van der Waals surface area contributed by atoms with Gasteiger partial charge in [0.2, 0.25) is 10.0 Å². The van der Waals surface area contributed by atoms with E-state index in [0.717, 1.165) is 4.31 Å². The summed E-state index contributed by atoms with van der Waals surface area (Å²) in [5.74, 6) is -5.08. The molecule has 0 amide bonds. The number of halogens is 2. The summed E-state index contributed by atoms with van der Waals surface area (Å²) >= 11 is 0. The van der Waals surface area contributed by atoms with E-state index in [9.17, 15) is 22.0 Å². The number of carbonyl (C=O) groups is 1. The van der Waals surface area contributed by atoms with E-state index in [4.69, 9.17) is 10.2 Å². The molecule has 21 heavy (non-hydrogen) atoms. The Kier molecular flexibility index (Phi) is 4.26. The van der Waals surface area contributed by atoms with Gasteiger partial charge in [-0.15, -0.1) is 0 Å². The minimum atomic E-state index is -4.27. The van der Waals surface area contributed by atoms with Crippen LogP contribution in [0.25, 0.3) is 0 Å². The molecule has 1 aliphatic heterocycles. The minimum Gasteiger partial charge on any atom is -0.477 e. The van der Waals surface area contributed by atoms with Gasteiger partial charge in [-0.2, -0.15) is 4.31 Å². The molecule has 0 saturated carbocycles. The summed E-state index contributed by atoms with van der Waals surface area (Å²) in [7, 11) is -4.27. The average Bonchev–Trinajstić information content (AvgIpc) is 2.87. The summed E-state index contributed by atoms with van der Waals surface area (Å²) in [5, 5.41) is 17.8. The highest BCUT2D eigenvalue weighted by Gasteiger charge is 2.35. The van der Waals surface area contributed by atoms with Crippen molar-refractivity contribution >= 4 is 16.0 Å². The van der Waals surface area contributed by atoms with Crippen LogP contribution in [0.15, 0.2) is 17.0 Å². The SMILES string of the molecule is O=C(O)c1c(F)ccc(S(=O)(=O)N2CCC(CO)C2)c1F. The van der Waals surface area contributed by atoms with Crippen molar-refractivity contribution in [2.75, 3.05) is 19.7 Å². The quantitative estimate of drug-likeness (QED) is 0.850. The first-order valence-electron chi connectivity index (χ1n) is 6.11. The van der Waals surface area contributed by atoms with Crippen molar-refractivity contribution in [3.05, 3.63) is 29.3 Å². The summed E-state index contributed by atoms with van der Waals surface area (Å²) in [6, 6.07) is 1.32. The zero-order valence-corrected chi connectivity index (χ0v) is 11.6. The van der Waals surface area contributed by atoms with E-state index in [0.29, 0.717) is 18.6 Å². The van der Waals surface area contributed by atoms with Crippen molar-refractivity contribution in [1.29, 1.82) is 0 Å². The van der Waals surface area contributed by atoms with Crippen molar-refractivity contribution in [2.24, 2.45) is 5.92 Å². The van der Waals surface area contributed by atoms with Crippen LogP contribution < -0.4 is 0 Å². The van der Waals surface area contributed by atoms with E-state index >= 15 is 0 Å². The number of hydrogen-bond donors (Lipinski definition) is 2. The third kappa shape index (κ3) is 2.76. The second-order valence-corrected chi connectivity index (χ2v) is 6.65. The first-order chi connectivity index (χ1) is 9.78. The van der Waals surface area contributed by atoms with Gasteiger partial charge in [0, 0.05) is 19.7 Å². The predicted octanol–water partition coefficient (Wildman–Crippen LogP) is 0.666. The Balaban J connectivity index is 2.47. The molecule has 1 heterocycles. The molecule has 1 fully saturated rings. The molecular weight excluding hydrogens is 308 g/mol. The van der Waals surface area contributed by atoms with Crippen molar-refractivity contribution in [3.8, 4) is 0 Å². The molecule has 116 valence electrons. The second kappa shape index (κ2) is 5.66. The number of aliphatic hydroxyl groups is 1.